The second-order valence-corrected chi connectivity index (χ2v) is 5.80. The van der Waals surface area contributed by atoms with E-state index in [2.05, 4.69) is 23.8 Å². The second-order valence-electron chi connectivity index (χ2n) is 5.80. The van der Waals surface area contributed by atoms with E-state index in [1.54, 1.807) is 0 Å². The van der Waals surface area contributed by atoms with Crippen molar-refractivity contribution in [2.45, 2.75) is 19.8 Å². The zero-order chi connectivity index (χ0) is 14.2. The second kappa shape index (κ2) is 12.0. The molecule has 0 saturated carbocycles. The largest absolute Gasteiger partial charge is 0.492 e. The highest BCUT2D eigenvalue weighted by atomic mass is 35.5. The van der Waals surface area contributed by atoms with Crippen LogP contribution in [0.3, 0.4) is 0 Å². The van der Waals surface area contributed by atoms with Gasteiger partial charge in [-0.1, -0.05) is 25.1 Å². The molecule has 0 N–H and O–H groups in total. The van der Waals surface area contributed by atoms with E-state index in [1.165, 1.54) is 32.5 Å². The predicted octanol–water partition coefficient (Wildman–Crippen LogP) is 3.57. The summed E-state index contributed by atoms with van der Waals surface area (Å²) in [4.78, 5) is 4.96. The predicted molar refractivity (Wildman–Crippen MR) is 98.8 cm³/mol. The van der Waals surface area contributed by atoms with Gasteiger partial charge in [0.15, 0.2) is 0 Å². The van der Waals surface area contributed by atoms with Crippen molar-refractivity contribution >= 4 is 24.8 Å². The van der Waals surface area contributed by atoms with E-state index < -0.39 is 0 Å². The van der Waals surface area contributed by atoms with Gasteiger partial charge in [0.2, 0.25) is 0 Å². The van der Waals surface area contributed by atoms with Gasteiger partial charge in [0.05, 0.1) is 0 Å². The van der Waals surface area contributed by atoms with E-state index in [0.29, 0.717) is 0 Å². The molecule has 1 aromatic rings. The molecule has 22 heavy (non-hydrogen) atoms. The Morgan fingerprint density at radius 1 is 1.14 bits per heavy atom. The molecule has 0 unspecified atom stereocenters. The summed E-state index contributed by atoms with van der Waals surface area (Å²) < 4.78 is 5.77. The standard InChI is InChI=1S/C17H28N2O.2ClH/c1-3-18(2)15-16-9-11-19(12-10-16)13-14-20-17-7-5-4-6-8-17;;/h4-8,16H,3,9-15H2,1-2H3;2*1H. The number of hydrogen-bond acceptors (Lipinski definition) is 3. The summed E-state index contributed by atoms with van der Waals surface area (Å²) in [6.07, 6.45) is 2.66. The zero-order valence-electron chi connectivity index (χ0n) is 13.7. The number of ether oxygens (including phenoxy) is 1. The average Bonchev–Trinajstić information content (AvgIpc) is 2.50. The highest BCUT2D eigenvalue weighted by Gasteiger charge is 2.19. The molecule has 1 aromatic carbocycles. The molecule has 0 radical (unpaired) electrons. The topological polar surface area (TPSA) is 15.7 Å². The third kappa shape index (κ3) is 7.68. The van der Waals surface area contributed by atoms with Gasteiger partial charge >= 0.3 is 0 Å². The van der Waals surface area contributed by atoms with Gasteiger partial charge in [-0.2, -0.15) is 0 Å². The van der Waals surface area contributed by atoms with Gasteiger partial charge < -0.3 is 9.64 Å². The smallest absolute Gasteiger partial charge is 0.119 e. The van der Waals surface area contributed by atoms with Crippen molar-refractivity contribution in [2.75, 3.05) is 46.4 Å². The fourth-order valence-electron chi connectivity index (χ4n) is 2.77. The van der Waals surface area contributed by atoms with Crippen molar-refractivity contribution in [1.82, 2.24) is 9.80 Å². The molecule has 0 aliphatic carbocycles. The number of piperidine rings is 1. The summed E-state index contributed by atoms with van der Waals surface area (Å²) in [6, 6.07) is 10.1. The molecule has 2 rings (SSSR count). The van der Waals surface area contributed by atoms with E-state index in [-0.39, 0.29) is 24.8 Å². The first-order valence-electron chi connectivity index (χ1n) is 7.86. The van der Waals surface area contributed by atoms with Crippen LogP contribution in [0.1, 0.15) is 19.8 Å². The Morgan fingerprint density at radius 2 is 1.77 bits per heavy atom. The lowest BCUT2D eigenvalue weighted by Gasteiger charge is -2.33. The molecule has 128 valence electrons. The minimum Gasteiger partial charge on any atom is -0.492 e. The Morgan fingerprint density at radius 3 is 2.36 bits per heavy atom. The SMILES string of the molecule is CCN(C)CC1CCN(CCOc2ccccc2)CC1.Cl.Cl. The molecule has 1 aliphatic heterocycles. The molecule has 1 saturated heterocycles. The molecule has 1 fully saturated rings. The zero-order valence-corrected chi connectivity index (χ0v) is 15.4. The number of halogens is 2. The van der Waals surface area contributed by atoms with E-state index in [4.69, 9.17) is 4.74 Å². The molecule has 0 amide bonds. The van der Waals surface area contributed by atoms with Crippen LogP contribution in [0.2, 0.25) is 0 Å². The third-order valence-electron chi connectivity index (χ3n) is 4.24. The molecular formula is C17H30Cl2N2O. The lowest BCUT2D eigenvalue weighted by atomic mass is 9.96. The monoisotopic (exact) mass is 348 g/mol. The highest BCUT2D eigenvalue weighted by molar-refractivity contribution is 5.85. The van der Waals surface area contributed by atoms with Crippen LogP contribution < -0.4 is 4.74 Å². The lowest BCUT2D eigenvalue weighted by molar-refractivity contribution is 0.137. The summed E-state index contributed by atoms with van der Waals surface area (Å²) in [5.74, 6) is 1.86. The van der Waals surface area contributed by atoms with Gasteiger partial charge in [-0.3, -0.25) is 4.90 Å². The Balaban J connectivity index is 0.00000220. The maximum Gasteiger partial charge on any atom is 0.119 e. The molecule has 0 spiro atoms. The maximum absolute atomic E-state index is 5.77. The fraction of sp³-hybridized carbons (Fsp3) is 0.647. The van der Waals surface area contributed by atoms with Gasteiger partial charge in [0.1, 0.15) is 12.4 Å². The quantitative estimate of drug-likeness (QED) is 0.748. The molecule has 0 aromatic heterocycles. The van der Waals surface area contributed by atoms with Crippen molar-refractivity contribution in [1.29, 1.82) is 0 Å². The Hall–Kier alpha value is -0.480. The first-order chi connectivity index (χ1) is 9.78. The first kappa shape index (κ1) is 21.5. The summed E-state index contributed by atoms with van der Waals surface area (Å²) in [6.45, 7) is 8.93. The van der Waals surface area contributed by atoms with Crippen molar-refractivity contribution in [3.8, 4) is 5.75 Å². The van der Waals surface area contributed by atoms with E-state index in [9.17, 15) is 0 Å². The van der Waals surface area contributed by atoms with E-state index in [0.717, 1.165) is 31.4 Å². The Labute approximate surface area is 147 Å². The van der Waals surface area contributed by atoms with Gasteiger partial charge in [0, 0.05) is 13.1 Å². The van der Waals surface area contributed by atoms with Crippen LogP contribution >= 0.6 is 24.8 Å². The van der Waals surface area contributed by atoms with Crippen molar-refractivity contribution < 1.29 is 4.74 Å². The average molecular weight is 349 g/mol. The van der Waals surface area contributed by atoms with E-state index in [1.807, 2.05) is 30.3 Å². The lowest BCUT2D eigenvalue weighted by Crippen LogP contribution is -2.39. The van der Waals surface area contributed by atoms with Crippen LogP contribution in [-0.4, -0.2) is 56.2 Å². The molecule has 0 atom stereocenters. The van der Waals surface area contributed by atoms with Crippen LogP contribution in [0.25, 0.3) is 0 Å². The summed E-state index contributed by atoms with van der Waals surface area (Å²) in [7, 11) is 2.22. The number of rotatable bonds is 7. The molecule has 1 heterocycles. The fourth-order valence-corrected chi connectivity index (χ4v) is 2.77. The molecular weight excluding hydrogens is 319 g/mol. The van der Waals surface area contributed by atoms with Crippen molar-refractivity contribution in [3.63, 3.8) is 0 Å². The minimum absolute atomic E-state index is 0. The van der Waals surface area contributed by atoms with Gasteiger partial charge in [-0.25, -0.2) is 0 Å². The number of nitrogens with zero attached hydrogens (tertiary/aromatic N) is 2. The van der Waals surface area contributed by atoms with Crippen LogP contribution in [0, 0.1) is 5.92 Å². The highest BCUT2D eigenvalue weighted by Crippen LogP contribution is 2.18. The Bertz CT molecular complexity index is 370. The first-order valence-corrected chi connectivity index (χ1v) is 7.86. The molecule has 1 aliphatic rings. The molecule has 5 heteroatoms. The van der Waals surface area contributed by atoms with Crippen LogP contribution in [0.5, 0.6) is 5.75 Å². The van der Waals surface area contributed by atoms with Gasteiger partial charge in [-0.15, -0.1) is 24.8 Å². The molecule has 0 bridgehead atoms. The number of benzene rings is 1. The normalized spacial score (nSPS) is 16.0. The maximum atomic E-state index is 5.77. The number of para-hydroxylation sites is 1. The number of likely N-dealkylation sites (tertiary alicyclic amines) is 1. The van der Waals surface area contributed by atoms with Crippen molar-refractivity contribution in [3.05, 3.63) is 30.3 Å². The van der Waals surface area contributed by atoms with E-state index >= 15 is 0 Å². The number of hydrogen-bond donors (Lipinski definition) is 0. The van der Waals surface area contributed by atoms with Crippen LogP contribution in [0.4, 0.5) is 0 Å². The van der Waals surface area contributed by atoms with Gasteiger partial charge in [-0.05, 0) is 57.6 Å². The van der Waals surface area contributed by atoms with Crippen LogP contribution in [-0.2, 0) is 0 Å². The Kier molecular flexibility index (Phi) is 11.7. The van der Waals surface area contributed by atoms with Crippen molar-refractivity contribution in [2.24, 2.45) is 5.92 Å². The van der Waals surface area contributed by atoms with Crippen LogP contribution in [0.15, 0.2) is 30.3 Å². The summed E-state index contributed by atoms with van der Waals surface area (Å²) in [5, 5.41) is 0. The molecule has 3 nitrogen and oxygen atoms in total. The third-order valence-corrected chi connectivity index (χ3v) is 4.24. The van der Waals surface area contributed by atoms with Gasteiger partial charge in [0.25, 0.3) is 0 Å². The minimum atomic E-state index is 0. The summed E-state index contributed by atoms with van der Waals surface area (Å²) in [5.41, 5.74) is 0. The summed E-state index contributed by atoms with van der Waals surface area (Å²) >= 11 is 0.